The quantitative estimate of drug-likeness (QED) is 0.166. The van der Waals surface area contributed by atoms with Crippen molar-refractivity contribution < 1.29 is 21.1 Å². The summed E-state index contributed by atoms with van der Waals surface area (Å²) in [4.78, 5) is 18.6. The van der Waals surface area contributed by atoms with Crippen LogP contribution in [0.25, 0.3) is 56.3 Å². The second-order valence-electron chi connectivity index (χ2n) is 13.0. The van der Waals surface area contributed by atoms with E-state index in [9.17, 15) is 0 Å². The van der Waals surface area contributed by atoms with Crippen LogP contribution in [-0.4, -0.2) is 24.5 Å². The Kier molecular flexibility index (Phi) is 12.7. The molecule has 0 saturated heterocycles. The number of aryl methyl sites for hydroxylation is 6. The van der Waals surface area contributed by atoms with E-state index in [1.807, 2.05) is 30.5 Å². The first-order valence-electron chi connectivity index (χ1n) is 18.9. The van der Waals surface area contributed by atoms with Gasteiger partial charge in [-0.3, -0.25) is 4.98 Å². The predicted octanol–water partition coefficient (Wildman–Crippen LogP) is 11.8. The number of pyridine rings is 1. The maximum Gasteiger partial charge on any atom is 0.0725 e. The summed E-state index contributed by atoms with van der Waals surface area (Å²) in [6.07, 6.45) is 13.0. The molecular formula is C45H53N5Pt. The number of hydrogen-bond acceptors (Lipinski definition) is 3. The van der Waals surface area contributed by atoms with E-state index in [-0.39, 0.29) is 21.1 Å². The molecule has 5 nitrogen and oxygen atoms in total. The molecule has 7 rings (SSSR count). The van der Waals surface area contributed by atoms with Gasteiger partial charge in [0.1, 0.15) is 0 Å². The van der Waals surface area contributed by atoms with Crippen molar-refractivity contribution in [2.45, 2.75) is 107 Å². The molecule has 0 amide bonds. The number of allylic oxidation sites excluding steroid dienone is 2. The third-order valence-corrected chi connectivity index (χ3v) is 10.4. The molecule has 0 unspecified atom stereocenters. The van der Waals surface area contributed by atoms with E-state index in [1.54, 1.807) is 0 Å². The Balaban J connectivity index is 0.000000391. The molecular weight excluding hydrogens is 806 g/mol. The number of fused-ring (bicyclic) bond motifs is 9. The van der Waals surface area contributed by atoms with Gasteiger partial charge in [-0.15, -0.1) is 0 Å². The molecule has 0 aliphatic carbocycles. The van der Waals surface area contributed by atoms with Gasteiger partial charge in [-0.25, -0.2) is 9.97 Å². The molecule has 0 saturated carbocycles. The third kappa shape index (κ3) is 7.20. The number of H-pyrrole nitrogens is 1. The van der Waals surface area contributed by atoms with Crippen LogP contribution in [0.15, 0.2) is 60.8 Å². The van der Waals surface area contributed by atoms with Crippen molar-refractivity contribution in [1.29, 1.82) is 0 Å². The summed E-state index contributed by atoms with van der Waals surface area (Å²) in [5, 5.41) is 1.20. The molecule has 0 fully saturated rings. The number of hydrogen-bond donors (Lipinski definition) is 1. The van der Waals surface area contributed by atoms with Crippen LogP contribution in [0.4, 0.5) is 0 Å². The van der Waals surface area contributed by atoms with Gasteiger partial charge in [0, 0.05) is 66.9 Å². The van der Waals surface area contributed by atoms with Crippen LogP contribution in [0.2, 0.25) is 0 Å². The summed E-state index contributed by atoms with van der Waals surface area (Å²) in [5.41, 5.74) is 20.4. The van der Waals surface area contributed by atoms with Crippen molar-refractivity contribution in [3.63, 3.8) is 0 Å². The van der Waals surface area contributed by atoms with Gasteiger partial charge < -0.3 is 9.55 Å². The smallest absolute Gasteiger partial charge is 0.0725 e. The van der Waals surface area contributed by atoms with Gasteiger partial charge in [0.05, 0.1) is 33.8 Å². The van der Waals surface area contributed by atoms with Crippen molar-refractivity contribution in [2.24, 2.45) is 0 Å². The molecule has 1 aromatic carbocycles. The van der Waals surface area contributed by atoms with E-state index in [1.165, 1.54) is 72.3 Å². The molecule has 2 aliphatic rings. The molecule has 5 aromatic rings. The first-order chi connectivity index (χ1) is 24.4. The minimum absolute atomic E-state index is 0. The molecule has 4 aromatic heterocycles. The molecule has 51 heavy (non-hydrogen) atoms. The van der Waals surface area contributed by atoms with Gasteiger partial charge in [0.2, 0.25) is 0 Å². The molecule has 1 N–H and O–H groups in total. The number of nitrogens with zero attached hydrogens (tertiary/aromatic N) is 4. The van der Waals surface area contributed by atoms with Crippen molar-refractivity contribution in [2.75, 3.05) is 0 Å². The molecule has 0 radical (unpaired) electrons. The SMILES string of the molecule is CCC1=C(CC)c2nc1c(CC)c1[nH]c(cc3nc(cc4c(CC)c(CC)c(c2CC)n4CC)C=C3)cc1CC.[Pt].c1ccc2ncccc2c1. The van der Waals surface area contributed by atoms with Gasteiger partial charge >= 0.3 is 0 Å². The number of benzene rings is 1. The van der Waals surface area contributed by atoms with E-state index in [2.05, 4.69) is 112 Å². The fourth-order valence-corrected chi connectivity index (χ4v) is 8.08. The van der Waals surface area contributed by atoms with Crippen LogP contribution in [0.1, 0.15) is 119 Å². The average Bonchev–Trinajstić information content (AvgIpc) is 3.93. The number of aromatic amines is 1. The first kappa shape index (κ1) is 38.2. The Morgan fingerprint density at radius 3 is 1.84 bits per heavy atom. The monoisotopic (exact) mass is 858 g/mol. The standard InChI is InChI=1S/C36H46N4.C9H7N.Pt/c1-9-22-19-25-20-23-17-18-24(37-23)21-32-26(10-2)29(13-5)36(40(32)16-8)31(15-7)35-28(12-4)27(11-3)34(39-35)30(14-6)33(22)38-25;1-2-6-9-8(4-1)5-3-7-10-9;/h17-21,38H,9-16H2,1-8H3;1-7H;. The van der Waals surface area contributed by atoms with Crippen LogP contribution >= 0.6 is 0 Å². The van der Waals surface area contributed by atoms with E-state index in [0.717, 1.165) is 73.9 Å². The molecule has 0 spiro atoms. The Morgan fingerprint density at radius 2 is 1.24 bits per heavy atom. The first-order valence-corrected chi connectivity index (χ1v) is 18.9. The van der Waals surface area contributed by atoms with Gasteiger partial charge in [0.15, 0.2) is 0 Å². The molecule has 0 atom stereocenters. The maximum absolute atomic E-state index is 5.61. The zero-order valence-corrected chi connectivity index (χ0v) is 34.0. The summed E-state index contributed by atoms with van der Waals surface area (Å²) >= 11 is 0. The van der Waals surface area contributed by atoms with Gasteiger partial charge in [-0.1, -0.05) is 72.7 Å². The van der Waals surface area contributed by atoms with Crippen molar-refractivity contribution >= 4 is 56.3 Å². The molecule has 6 heterocycles. The normalized spacial score (nSPS) is 12.2. The zero-order chi connectivity index (χ0) is 35.4. The largest absolute Gasteiger partial charge is 0.355 e. The number of rotatable bonds is 8. The Bertz CT molecular complexity index is 2200. The maximum atomic E-state index is 5.61. The van der Waals surface area contributed by atoms with E-state index in [0.29, 0.717) is 0 Å². The minimum Gasteiger partial charge on any atom is -0.355 e. The van der Waals surface area contributed by atoms with Gasteiger partial charge in [-0.05, 0) is 122 Å². The third-order valence-electron chi connectivity index (χ3n) is 10.4. The Morgan fingerprint density at radius 1 is 0.608 bits per heavy atom. The molecule has 268 valence electrons. The van der Waals surface area contributed by atoms with Crippen LogP contribution in [0.3, 0.4) is 0 Å². The van der Waals surface area contributed by atoms with E-state index in [4.69, 9.17) is 9.97 Å². The minimum atomic E-state index is 0. The van der Waals surface area contributed by atoms with Crippen LogP contribution < -0.4 is 0 Å². The second kappa shape index (κ2) is 17.0. The Labute approximate surface area is 318 Å². The summed E-state index contributed by atoms with van der Waals surface area (Å²) < 4.78 is 2.55. The molecule has 6 heteroatoms. The summed E-state index contributed by atoms with van der Waals surface area (Å²) in [6, 6.07) is 18.9. The number of para-hydroxylation sites is 1. The van der Waals surface area contributed by atoms with Crippen LogP contribution in [0.5, 0.6) is 0 Å². The summed E-state index contributed by atoms with van der Waals surface area (Å²) in [5.74, 6) is 0. The number of nitrogens with one attached hydrogen (secondary N) is 1. The average molecular weight is 859 g/mol. The van der Waals surface area contributed by atoms with E-state index < -0.39 is 0 Å². The number of aromatic nitrogens is 5. The second-order valence-corrected chi connectivity index (χ2v) is 13.0. The molecule has 8 bridgehead atoms. The predicted molar refractivity (Wildman–Crippen MR) is 215 cm³/mol. The summed E-state index contributed by atoms with van der Waals surface area (Å²) in [6.45, 7) is 19.2. The van der Waals surface area contributed by atoms with Crippen LogP contribution in [-0.2, 0) is 59.7 Å². The van der Waals surface area contributed by atoms with Crippen LogP contribution in [0, 0.1) is 0 Å². The summed E-state index contributed by atoms with van der Waals surface area (Å²) in [7, 11) is 0. The Hall–Kier alpha value is -4.08. The van der Waals surface area contributed by atoms with Crippen molar-refractivity contribution in [1.82, 2.24) is 24.5 Å². The van der Waals surface area contributed by atoms with Crippen molar-refractivity contribution in [3.8, 4) is 0 Å². The molecule has 2 aliphatic heterocycles. The fourth-order valence-electron chi connectivity index (χ4n) is 8.08. The van der Waals surface area contributed by atoms with E-state index >= 15 is 0 Å². The topological polar surface area (TPSA) is 59.4 Å². The van der Waals surface area contributed by atoms with Gasteiger partial charge in [0.25, 0.3) is 0 Å². The zero-order valence-electron chi connectivity index (χ0n) is 31.7. The van der Waals surface area contributed by atoms with Gasteiger partial charge in [-0.2, -0.15) is 0 Å². The van der Waals surface area contributed by atoms with Crippen molar-refractivity contribution in [3.05, 3.63) is 111 Å². The fraction of sp³-hybridized carbons (Fsp3) is 0.356.